The zero-order chi connectivity index (χ0) is 15.0. The molecule has 110 valence electrons. The summed E-state index contributed by atoms with van der Waals surface area (Å²) in [7, 11) is 0. The van der Waals surface area contributed by atoms with Crippen molar-refractivity contribution in [3.63, 3.8) is 0 Å². The number of alkyl halides is 1. The fourth-order valence-electron chi connectivity index (χ4n) is 2.35. The highest BCUT2D eigenvalue weighted by Crippen LogP contribution is 2.25. The van der Waals surface area contributed by atoms with Gasteiger partial charge in [0.2, 0.25) is 0 Å². The van der Waals surface area contributed by atoms with E-state index in [1.165, 1.54) is 6.07 Å². The number of hydrogen-bond acceptors (Lipinski definition) is 2. The van der Waals surface area contributed by atoms with Crippen LogP contribution in [0.5, 0.6) is 0 Å². The Bertz CT molecular complexity index is 794. The molecule has 0 spiro atoms. The minimum atomic E-state index is -0.472. The number of fused-ring (bicyclic) bond motifs is 1. The number of rotatable bonds is 4. The summed E-state index contributed by atoms with van der Waals surface area (Å²) in [6.45, 7) is 2.40. The van der Waals surface area contributed by atoms with Crippen LogP contribution in [0.4, 0.5) is 4.39 Å². The first-order chi connectivity index (χ1) is 10.1. The lowest BCUT2D eigenvalue weighted by molar-refractivity contribution is 0.469. The molecule has 0 unspecified atom stereocenters. The number of benzene rings is 1. The van der Waals surface area contributed by atoms with Crippen molar-refractivity contribution in [3.05, 3.63) is 52.5 Å². The van der Waals surface area contributed by atoms with Crippen LogP contribution in [0, 0.1) is 12.7 Å². The Hall–Kier alpha value is -1.52. The van der Waals surface area contributed by atoms with Crippen molar-refractivity contribution >= 4 is 34.2 Å². The predicted octanol–water partition coefficient (Wildman–Crippen LogP) is 4.56. The maximum absolute atomic E-state index is 13.6. The van der Waals surface area contributed by atoms with E-state index in [1.54, 1.807) is 6.07 Å². The molecule has 0 aliphatic carbocycles. The lowest BCUT2D eigenvalue weighted by Gasteiger charge is -2.07. The Morgan fingerprint density at radius 1 is 1.33 bits per heavy atom. The van der Waals surface area contributed by atoms with E-state index in [9.17, 15) is 4.39 Å². The van der Waals surface area contributed by atoms with Crippen molar-refractivity contribution in [2.75, 3.05) is 5.88 Å². The second kappa shape index (κ2) is 5.70. The Labute approximate surface area is 131 Å². The summed E-state index contributed by atoms with van der Waals surface area (Å²) in [5.41, 5.74) is 1.34. The van der Waals surface area contributed by atoms with Crippen LogP contribution in [-0.4, -0.2) is 15.4 Å². The smallest absolute Gasteiger partial charge is 0.144 e. The van der Waals surface area contributed by atoms with Crippen LogP contribution in [0.25, 0.3) is 11.0 Å². The van der Waals surface area contributed by atoms with Gasteiger partial charge in [-0.2, -0.15) is 0 Å². The Balaban J connectivity index is 2.12. The first-order valence-electron chi connectivity index (χ1n) is 6.54. The average Bonchev–Trinajstić information content (AvgIpc) is 2.97. The molecule has 6 heteroatoms. The molecular formula is C15H13Cl2FN2O. The van der Waals surface area contributed by atoms with Crippen molar-refractivity contribution < 1.29 is 8.81 Å². The van der Waals surface area contributed by atoms with Gasteiger partial charge >= 0.3 is 0 Å². The number of nitrogens with zero attached hydrogens (tertiary/aromatic N) is 2. The molecule has 3 aromatic rings. The number of imidazole rings is 1. The fraction of sp³-hybridized carbons (Fsp3) is 0.267. The van der Waals surface area contributed by atoms with Crippen LogP contribution in [0.15, 0.2) is 28.7 Å². The zero-order valence-corrected chi connectivity index (χ0v) is 12.9. The molecule has 21 heavy (non-hydrogen) atoms. The third kappa shape index (κ3) is 2.78. The first kappa shape index (κ1) is 14.4. The van der Waals surface area contributed by atoms with E-state index in [-0.39, 0.29) is 5.02 Å². The van der Waals surface area contributed by atoms with Crippen molar-refractivity contribution in [2.24, 2.45) is 0 Å². The van der Waals surface area contributed by atoms with E-state index in [0.717, 1.165) is 22.9 Å². The molecule has 2 aromatic heterocycles. The monoisotopic (exact) mass is 326 g/mol. The molecule has 0 bridgehead atoms. The molecule has 0 N–H and O–H groups in total. The highest BCUT2D eigenvalue weighted by molar-refractivity contribution is 6.31. The molecular weight excluding hydrogens is 314 g/mol. The molecule has 0 saturated carbocycles. The van der Waals surface area contributed by atoms with Crippen LogP contribution in [0.3, 0.4) is 0 Å². The molecule has 0 saturated heterocycles. The third-order valence-electron chi connectivity index (χ3n) is 3.30. The van der Waals surface area contributed by atoms with Gasteiger partial charge in [0.25, 0.3) is 0 Å². The van der Waals surface area contributed by atoms with E-state index in [0.29, 0.717) is 24.4 Å². The van der Waals surface area contributed by atoms with Crippen molar-refractivity contribution in [3.8, 4) is 0 Å². The topological polar surface area (TPSA) is 31.0 Å². The van der Waals surface area contributed by atoms with Gasteiger partial charge in [0.1, 0.15) is 23.2 Å². The summed E-state index contributed by atoms with van der Waals surface area (Å²) in [6.07, 6.45) is 0.592. The van der Waals surface area contributed by atoms with Gasteiger partial charge in [-0.05, 0) is 25.1 Å². The largest absolute Gasteiger partial charge is 0.464 e. The molecule has 0 fully saturated rings. The molecule has 2 heterocycles. The zero-order valence-electron chi connectivity index (χ0n) is 11.4. The van der Waals surface area contributed by atoms with Crippen LogP contribution < -0.4 is 0 Å². The highest BCUT2D eigenvalue weighted by atomic mass is 35.5. The van der Waals surface area contributed by atoms with Gasteiger partial charge in [0, 0.05) is 18.4 Å². The summed E-state index contributed by atoms with van der Waals surface area (Å²) in [5.74, 6) is 2.41. The minimum Gasteiger partial charge on any atom is -0.464 e. The van der Waals surface area contributed by atoms with Gasteiger partial charge < -0.3 is 8.98 Å². The summed E-state index contributed by atoms with van der Waals surface area (Å²) in [5, 5.41) is 0.0803. The lowest BCUT2D eigenvalue weighted by atomic mass is 10.3. The number of furan rings is 1. The number of halogens is 3. The van der Waals surface area contributed by atoms with E-state index >= 15 is 0 Å². The molecule has 3 nitrogen and oxygen atoms in total. The first-order valence-corrected chi connectivity index (χ1v) is 7.45. The van der Waals surface area contributed by atoms with Crippen LogP contribution in [0.1, 0.15) is 17.3 Å². The summed E-state index contributed by atoms with van der Waals surface area (Å²) >= 11 is 11.7. The standard InChI is InChI=1S/C15H13Cl2FN2O/c1-9-2-3-10(21-9)8-20-14-6-11(17)12(18)7-13(14)19-15(20)4-5-16/h2-3,6-7H,4-5,8H2,1H3. The van der Waals surface area contributed by atoms with E-state index in [1.807, 2.05) is 23.6 Å². The lowest BCUT2D eigenvalue weighted by Crippen LogP contribution is -2.05. The molecule has 1 aromatic carbocycles. The van der Waals surface area contributed by atoms with Crippen molar-refractivity contribution in [2.45, 2.75) is 19.9 Å². The van der Waals surface area contributed by atoms with Crippen LogP contribution in [0.2, 0.25) is 5.02 Å². The Morgan fingerprint density at radius 3 is 2.81 bits per heavy atom. The Kier molecular flexibility index (Phi) is 3.91. The van der Waals surface area contributed by atoms with Gasteiger partial charge in [-0.1, -0.05) is 11.6 Å². The van der Waals surface area contributed by atoms with E-state index < -0.39 is 5.82 Å². The molecule has 3 rings (SSSR count). The average molecular weight is 327 g/mol. The molecule has 0 aliphatic heterocycles. The molecule has 0 radical (unpaired) electrons. The summed E-state index contributed by atoms with van der Waals surface area (Å²) < 4.78 is 21.1. The van der Waals surface area contributed by atoms with Crippen LogP contribution >= 0.6 is 23.2 Å². The van der Waals surface area contributed by atoms with E-state index in [4.69, 9.17) is 27.6 Å². The second-order valence-corrected chi connectivity index (χ2v) is 5.61. The van der Waals surface area contributed by atoms with Gasteiger partial charge in [-0.25, -0.2) is 9.37 Å². The molecule has 0 atom stereocenters. The van der Waals surface area contributed by atoms with Crippen molar-refractivity contribution in [1.82, 2.24) is 9.55 Å². The maximum atomic E-state index is 13.6. The number of aromatic nitrogens is 2. The van der Waals surface area contributed by atoms with E-state index in [2.05, 4.69) is 4.98 Å². The predicted molar refractivity (Wildman–Crippen MR) is 81.7 cm³/mol. The molecule has 0 amide bonds. The Morgan fingerprint density at radius 2 is 2.14 bits per heavy atom. The SMILES string of the molecule is Cc1ccc(Cn2c(CCCl)nc3cc(F)c(Cl)cc32)o1. The normalized spacial score (nSPS) is 11.4. The van der Waals surface area contributed by atoms with Gasteiger partial charge in [-0.3, -0.25) is 0 Å². The fourth-order valence-corrected chi connectivity index (χ4v) is 2.67. The minimum absolute atomic E-state index is 0.0803. The maximum Gasteiger partial charge on any atom is 0.144 e. The summed E-state index contributed by atoms with van der Waals surface area (Å²) in [4.78, 5) is 4.45. The van der Waals surface area contributed by atoms with Crippen molar-refractivity contribution in [1.29, 1.82) is 0 Å². The van der Waals surface area contributed by atoms with Gasteiger partial charge in [0.15, 0.2) is 0 Å². The second-order valence-electron chi connectivity index (χ2n) is 4.82. The number of aryl methyl sites for hydroxylation is 2. The highest BCUT2D eigenvalue weighted by Gasteiger charge is 2.14. The van der Waals surface area contributed by atoms with Gasteiger partial charge in [0.05, 0.1) is 22.6 Å². The van der Waals surface area contributed by atoms with Gasteiger partial charge in [-0.15, -0.1) is 11.6 Å². The third-order valence-corrected chi connectivity index (χ3v) is 3.78. The quantitative estimate of drug-likeness (QED) is 0.658. The van der Waals surface area contributed by atoms with Crippen LogP contribution in [-0.2, 0) is 13.0 Å². The molecule has 0 aliphatic rings. The number of hydrogen-bond donors (Lipinski definition) is 0. The summed E-state index contributed by atoms with van der Waals surface area (Å²) in [6, 6.07) is 6.76.